The van der Waals surface area contributed by atoms with E-state index in [1.54, 1.807) is 0 Å². The van der Waals surface area contributed by atoms with E-state index >= 15 is 0 Å². The number of allylic oxidation sites excluding steroid dienone is 2. The summed E-state index contributed by atoms with van der Waals surface area (Å²) >= 11 is 0. The van der Waals surface area contributed by atoms with Gasteiger partial charge < -0.3 is 9.13 Å². The molecule has 0 unspecified atom stereocenters. The molecule has 4 heterocycles. The molecule has 0 spiro atoms. The Morgan fingerprint density at radius 1 is 0.440 bits per heavy atom. The van der Waals surface area contributed by atoms with E-state index in [1.807, 2.05) is 36.7 Å². The third-order valence-corrected chi connectivity index (χ3v) is 9.67. The van der Waals surface area contributed by atoms with Crippen molar-refractivity contribution >= 4 is 43.9 Å². The number of nitrogens with zero attached hydrogens (tertiary/aromatic N) is 4. The Labute approximate surface area is 290 Å². The second-order valence-electron chi connectivity index (χ2n) is 12.8. The van der Waals surface area contributed by atoms with Crippen molar-refractivity contribution in [2.75, 3.05) is 0 Å². The van der Waals surface area contributed by atoms with Gasteiger partial charge in [0.05, 0.1) is 33.1 Å². The number of rotatable bonds is 8. The quantitative estimate of drug-likeness (QED) is 0.155. The Balaban J connectivity index is 1.20. The van der Waals surface area contributed by atoms with Crippen LogP contribution >= 0.6 is 0 Å². The fourth-order valence-electron chi connectivity index (χ4n) is 7.45. The highest BCUT2D eigenvalue weighted by molar-refractivity contribution is 6.09. The average molecular weight is 643 g/mol. The van der Waals surface area contributed by atoms with E-state index in [9.17, 15) is 0 Å². The summed E-state index contributed by atoms with van der Waals surface area (Å²) in [6, 6.07) is 48.0. The molecule has 0 aliphatic rings. The second-order valence-corrected chi connectivity index (χ2v) is 12.8. The summed E-state index contributed by atoms with van der Waals surface area (Å²) in [5, 5.41) is 2.26. The van der Waals surface area contributed by atoms with Gasteiger partial charge >= 0.3 is 0 Å². The lowest BCUT2D eigenvalue weighted by molar-refractivity contribution is 1.13. The molecule has 4 aromatic heterocycles. The van der Waals surface area contributed by atoms with Crippen molar-refractivity contribution in [2.24, 2.45) is 0 Å². The monoisotopic (exact) mass is 642 g/mol. The highest BCUT2D eigenvalue weighted by Crippen LogP contribution is 2.37. The van der Waals surface area contributed by atoms with Crippen LogP contribution in [0.1, 0.15) is 11.1 Å². The van der Waals surface area contributed by atoms with E-state index in [1.165, 1.54) is 33.4 Å². The lowest BCUT2D eigenvalue weighted by Gasteiger charge is -2.13. The van der Waals surface area contributed by atoms with E-state index in [0.717, 1.165) is 68.1 Å². The van der Waals surface area contributed by atoms with Crippen LogP contribution in [0.4, 0.5) is 0 Å². The van der Waals surface area contributed by atoms with Gasteiger partial charge in [0.1, 0.15) is 0 Å². The number of hydrogen-bond acceptors (Lipinski definition) is 2. The van der Waals surface area contributed by atoms with Crippen LogP contribution in [0, 0.1) is 0 Å². The lowest BCUT2D eigenvalue weighted by atomic mass is 10.0. The van der Waals surface area contributed by atoms with Crippen molar-refractivity contribution in [2.45, 2.75) is 12.8 Å². The van der Waals surface area contributed by atoms with Crippen molar-refractivity contribution in [3.63, 3.8) is 0 Å². The fraction of sp³-hybridized carbons (Fsp3) is 0.0435. The largest absolute Gasteiger partial charge is 0.308 e. The molecular weight excluding hydrogens is 609 g/mol. The molecule has 4 nitrogen and oxygen atoms in total. The summed E-state index contributed by atoms with van der Waals surface area (Å²) in [5.74, 6) is 0. The van der Waals surface area contributed by atoms with E-state index in [-0.39, 0.29) is 0 Å². The molecule has 0 saturated heterocycles. The summed E-state index contributed by atoms with van der Waals surface area (Å²) in [7, 11) is 0. The highest BCUT2D eigenvalue weighted by atomic mass is 15.0. The average Bonchev–Trinajstić information content (AvgIpc) is 3.68. The zero-order chi connectivity index (χ0) is 33.6. The molecule has 0 radical (unpaired) electrons. The van der Waals surface area contributed by atoms with E-state index in [4.69, 9.17) is 9.97 Å². The van der Waals surface area contributed by atoms with Crippen LogP contribution in [0.3, 0.4) is 0 Å². The zero-order valence-corrected chi connectivity index (χ0v) is 27.6. The summed E-state index contributed by atoms with van der Waals surface area (Å²) in [6.45, 7) is 7.84. The van der Waals surface area contributed by atoms with Crippen molar-refractivity contribution in [3.8, 4) is 33.6 Å². The predicted molar refractivity (Wildman–Crippen MR) is 209 cm³/mol. The van der Waals surface area contributed by atoms with Crippen molar-refractivity contribution in [1.29, 1.82) is 0 Å². The molecule has 238 valence electrons. The Kier molecular flexibility index (Phi) is 7.21. The molecule has 5 aromatic carbocycles. The summed E-state index contributed by atoms with van der Waals surface area (Å²) < 4.78 is 4.67. The van der Waals surface area contributed by atoms with Gasteiger partial charge in [-0.05, 0) is 113 Å². The maximum absolute atomic E-state index is 4.89. The smallest absolute Gasteiger partial charge is 0.0963 e. The predicted octanol–water partition coefficient (Wildman–Crippen LogP) is 11.5. The van der Waals surface area contributed by atoms with Crippen LogP contribution in [-0.4, -0.2) is 19.1 Å². The van der Waals surface area contributed by atoms with Gasteiger partial charge in [0.15, 0.2) is 0 Å². The van der Waals surface area contributed by atoms with Gasteiger partial charge in [-0.15, -0.1) is 13.2 Å². The van der Waals surface area contributed by atoms with Crippen LogP contribution in [0.2, 0.25) is 0 Å². The summed E-state index contributed by atoms with van der Waals surface area (Å²) in [6.07, 6.45) is 9.36. The molecule has 0 bridgehead atoms. The number of pyridine rings is 2. The lowest BCUT2D eigenvalue weighted by Crippen LogP contribution is -1.98. The van der Waals surface area contributed by atoms with Crippen molar-refractivity contribution in [3.05, 3.63) is 182 Å². The van der Waals surface area contributed by atoms with Gasteiger partial charge in [-0.1, -0.05) is 78.9 Å². The van der Waals surface area contributed by atoms with Gasteiger partial charge in [-0.3, -0.25) is 9.97 Å². The molecule has 50 heavy (non-hydrogen) atoms. The van der Waals surface area contributed by atoms with Gasteiger partial charge in [0.25, 0.3) is 0 Å². The number of fused-ring (bicyclic) bond motifs is 6. The number of aromatic nitrogens is 4. The van der Waals surface area contributed by atoms with Crippen LogP contribution in [0.15, 0.2) is 171 Å². The van der Waals surface area contributed by atoms with Crippen molar-refractivity contribution in [1.82, 2.24) is 19.1 Å². The standard InChI is InChI=1S/C46H34N4/c1-3-10-31-12-5-14-33(26-31)35-20-22-41-39(28-35)45-43(18-8-24-47-45)49(41)37-16-7-17-38(30-37)50-42-23-21-36(34-15-6-13-32(27-34)11-4-2)29-40(42)46-44(50)19-9-25-48-46/h3-9,12-30H,1-2,10-11H2. The summed E-state index contributed by atoms with van der Waals surface area (Å²) in [5.41, 5.74) is 15.8. The third kappa shape index (κ3) is 4.92. The van der Waals surface area contributed by atoms with Crippen LogP contribution in [-0.2, 0) is 12.8 Å². The molecular formula is C46H34N4. The molecule has 0 aliphatic carbocycles. The number of benzene rings is 5. The molecule has 0 fully saturated rings. The van der Waals surface area contributed by atoms with Gasteiger partial charge in [0, 0.05) is 34.5 Å². The maximum atomic E-state index is 4.89. The first kappa shape index (κ1) is 29.6. The first-order valence-electron chi connectivity index (χ1n) is 17.0. The molecule has 9 rings (SSSR count). The molecule has 0 atom stereocenters. The van der Waals surface area contributed by atoms with E-state index in [0.29, 0.717) is 0 Å². The SMILES string of the molecule is C=CCc1cccc(-c2ccc3c(c2)c2ncccc2n3-c2cccc(-n3c4ccc(-c5cccc(CC=C)c5)cc4c4ncccc43)c2)c1. The molecule has 0 amide bonds. The Hall–Kier alpha value is -6.52. The first-order valence-corrected chi connectivity index (χ1v) is 17.0. The molecule has 4 heteroatoms. The van der Waals surface area contributed by atoms with Crippen LogP contribution < -0.4 is 0 Å². The minimum Gasteiger partial charge on any atom is -0.308 e. The Morgan fingerprint density at radius 2 is 0.900 bits per heavy atom. The highest BCUT2D eigenvalue weighted by Gasteiger charge is 2.18. The molecule has 0 aliphatic heterocycles. The minimum atomic E-state index is 0.848. The minimum absolute atomic E-state index is 0.848. The third-order valence-electron chi connectivity index (χ3n) is 9.67. The molecule has 0 saturated carbocycles. The normalized spacial score (nSPS) is 11.5. The Bertz CT molecular complexity index is 2570. The van der Waals surface area contributed by atoms with E-state index < -0.39 is 0 Å². The van der Waals surface area contributed by atoms with Gasteiger partial charge in [-0.2, -0.15) is 0 Å². The first-order chi connectivity index (χ1) is 24.7. The second kappa shape index (κ2) is 12.2. The fourth-order valence-corrected chi connectivity index (χ4v) is 7.45. The number of hydrogen-bond donors (Lipinski definition) is 0. The van der Waals surface area contributed by atoms with Gasteiger partial charge in [0.2, 0.25) is 0 Å². The Morgan fingerprint density at radius 3 is 1.38 bits per heavy atom. The summed E-state index contributed by atoms with van der Waals surface area (Å²) in [4.78, 5) is 9.78. The van der Waals surface area contributed by atoms with Crippen LogP contribution in [0.25, 0.3) is 77.5 Å². The van der Waals surface area contributed by atoms with Crippen molar-refractivity contribution < 1.29 is 0 Å². The van der Waals surface area contributed by atoms with E-state index in [2.05, 4.69) is 144 Å². The molecule has 0 N–H and O–H groups in total. The topological polar surface area (TPSA) is 35.6 Å². The molecule has 9 aromatic rings. The zero-order valence-electron chi connectivity index (χ0n) is 27.6. The maximum Gasteiger partial charge on any atom is 0.0963 e. The van der Waals surface area contributed by atoms with Crippen LogP contribution in [0.5, 0.6) is 0 Å². The van der Waals surface area contributed by atoms with Gasteiger partial charge in [-0.25, -0.2) is 0 Å².